The van der Waals surface area contributed by atoms with Crippen molar-refractivity contribution in [3.05, 3.63) is 34.3 Å². The number of amides is 2. The number of aryl methyl sites for hydroxylation is 1. The first-order chi connectivity index (χ1) is 9.54. The summed E-state index contributed by atoms with van der Waals surface area (Å²) >= 11 is 5.96. The van der Waals surface area contributed by atoms with Crippen LogP contribution >= 0.6 is 11.6 Å². The van der Waals surface area contributed by atoms with Crippen LogP contribution in [0.4, 0.5) is 0 Å². The van der Waals surface area contributed by atoms with Gasteiger partial charge >= 0.3 is 0 Å². The molecule has 0 aliphatic carbocycles. The molecule has 1 aromatic rings. The number of benzene rings is 1. The van der Waals surface area contributed by atoms with Crippen LogP contribution < -0.4 is 10.6 Å². The molecule has 1 fully saturated rings. The van der Waals surface area contributed by atoms with Crippen LogP contribution in [0.1, 0.15) is 15.9 Å². The molecule has 1 aliphatic rings. The largest absolute Gasteiger partial charge is 0.357 e. The maximum Gasteiger partial charge on any atom is 0.254 e. The van der Waals surface area contributed by atoms with Crippen LogP contribution in [0.15, 0.2) is 18.2 Å². The maximum absolute atomic E-state index is 12.7. The minimum absolute atomic E-state index is 0.153. The second-order valence-corrected chi connectivity index (χ2v) is 5.23. The number of rotatable bonds is 2. The van der Waals surface area contributed by atoms with Crippen molar-refractivity contribution in [3.63, 3.8) is 0 Å². The Morgan fingerprint density at radius 3 is 2.90 bits per heavy atom. The van der Waals surface area contributed by atoms with Gasteiger partial charge in [0.1, 0.15) is 6.04 Å². The van der Waals surface area contributed by atoms with E-state index in [9.17, 15) is 9.59 Å². The SMILES string of the molecule is CNC(=O)C1CNCCN1C(=O)c1cc(Cl)ccc1C. The smallest absolute Gasteiger partial charge is 0.254 e. The summed E-state index contributed by atoms with van der Waals surface area (Å²) in [5, 5.41) is 6.25. The highest BCUT2D eigenvalue weighted by Gasteiger charge is 2.32. The molecule has 2 amide bonds. The van der Waals surface area contributed by atoms with E-state index in [0.717, 1.165) is 5.56 Å². The van der Waals surface area contributed by atoms with Gasteiger partial charge in [-0.2, -0.15) is 0 Å². The van der Waals surface area contributed by atoms with Crippen LogP contribution in [0.25, 0.3) is 0 Å². The molecule has 0 spiro atoms. The molecule has 1 saturated heterocycles. The lowest BCUT2D eigenvalue weighted by molar-refractivity contribution is -0.125. The third-order valence-corrected chi connectivity index (χ3v) is 3.72. The quantitative estimate of drug-likeness (QED) is 0.849. The van der Waals surface area contributed by atoms with Gasteiger partial charge in [0.25, 0.3) is 5.91 Å². The standard InChI is InChI=1S/C14H18ClN3O2/c1-9-3-4-10(15)7-11(9)14(20)18-6-5-17-8-12(18)13(19)16-2/h3-4,7,12,17H,5-6,8H2,1-2H3,(H,16,19). The number of hydrogen-bond acceptors (Lipinski definition) is 3. The first kappa shape index (κ1) is 14.8. The summed E-state index contributed by atoms with van der Waals surface area (Å²) in [7, 11) is 1.57. The number of hydrogen-bond donors (Lipinski definition) is 2. The molecular weight excluding hydrogens is 278 g/mol. The van der Waals surface area contributed by atoms with Gasteiger partial charge in [-0.3, -0.25) is 9.59 Å². The van der Waals surface area contributed by atoms with E-state index in [2.05, 4.69) is 10.6 Å². The first-order valence-electron chi connectivity index (χ1n) is 6.54. The zero-order chi connectivity index (χ0) is 14.7. The topological polar surface area (TPSA) is 61.4 Å². The van der Waals surface area contributed by atoms with Crippen LogP contribution in [-0.2, 0) is 4.79 Å². The molecule has 1 unspecified atom stereocenters. The number of piperazine rings is 1. The molecule has 1 heterocycles. The Balaban J connectivity index is 2.30. The lowest BCUT2D eigenvalue weighted by Gasteiger charge is -2.35. The van der Waals surface area contributed by atoms with E-state index < -0.39 is 6.04 Å². The predicted molar refractivity (Wildman–Crippen MR) is 77.9 cm³/mol. The van der Waals surface area contributed by atoms with Crippen LogP contribution in [0, 0.1) is 6.92 Å². The van der Waals surface area contributed by atoms with Crippen molar-refractivity contribution in [3.8, 4) is 0 Å². The molecule has 2 rings (SSSR count). The number of halogens is 1. The zero-order valence-electron chi connectivity index (χ0n) is 11.6. The number of nitrogens with one attached hydrogen (secondary N) is 2. The minimum atomic E-state index is -0.486. The third kappa shape index (κ3) is 2.94. The second-order valence-electron chi connectivity index (χ2n) is 4.79. The normalized spacial score (nSPS) is 18.8. The molecule has 1 aliphatic heterocycles. The van der Waals surface area contributed by atoms with Crippen molar-refractivity contribution >= 4 is 23.4 Å². The summed E-state index contributed by atoms with van der Waals surface area (Å²) in [6.07, 6.45) is 0. The summed E-state index contributed by atoms with van der Waals surface area (Å²) in [5.74, 6) is -0.315. The fraction of sp³-hybridized carbons (Fsp3) is 0.429. The lowest BCUT2D eigenvalue weighted by Crippen LogP contribution is -2.59. The van der Waals surface area contributed by atoms with Crippen molar-refractivity contribution < 1.29 is 9.59 Å². The Kier molecular flexibility index (Phi) is 4.62. The van der Waals surface area contributed by atoms with E-state index in [4.69, 9.17) is 11.6 Å². The van der Waals surface area contributed by atoms with Crippen LogP contribution in [0.3, 0.4) is 0 Å². The zero-order valence-corrected chi connectivity index (χ0v) is 12.3. The first-order valence-corrected chi connectivity index (χ1v) is 6.92. The predicted octanol–water partition coefficient (Wildman–Crippen LogP) is 0.808. The number of nitrogens with zero attached hydrogens (tertiary/aromatic N) is 1. The minimum Gasteiger partial charge on any atom is -0.357 e. The Hall–Kier alpha value is -1.59. The van der Waals surface area contributed by atoms with Crippen molar-refractivity contribution in [2.24, 2.45) is 0 Å². The van der Waals surface area contributed by atoms with Crippen molar-refractivity contribution in [2.75, 3.05) is 26.7 Å². The molecule has 108 valence electrons. The summed E-state index contributed by atoms with van der Waals surface area (Å²) < 4.78 is 0. The number of likely N-dealkylation sites (N-methyl/N-ethyl adjacent to an activating group) is 1. The molecule has 1 aromatic carbocycles. The molecule has 0 aromatic heterocycles. The summed E-state index contributed by atoms with van der Waals surface area (Å²) in [6, 6.07) is 4.73. The highest BCUT2D eigenvalue weighted by Crippen LogP contribution is 2.19. The van der Waals surface area contributed by atoms with Gasteiger partial charge in [-0.25, -0.2) is 0 Å². The van der Waals surface area contributed by atoms with Crippen molar-refractivity contribution in [2.45, 2.75) is 13.0 Å². The van der Waals surface area contributed by atoms with Gasteiger partial charge in [-0.15, -0.1) is 0 Å². The molecule has 6 heteroatoms. The summed E-state index contributed by atoms with van der Waals surface area (Å²) in [4.78, 5) is 26.2. The Bertz CT molecular complexity index is 533. The lowest BCUT2D eigenvalue weighted by atomic mass is 10.1. The summed E-state index contributed by atoms with van der Waals surface area (Å²) in [6.45, 7) is 3.51. The van der Waals surface area contributed by atoms with Gasteiger partial charge < -0.3 is 15.5 Å². The Labute approximate surface area is 123 Å². The highest BCUT2D eigenvalue weighted by molar-refractivity contribution is 6.31. The molecule has 0 bridgehead atoms. The van der Waals surface area contributed by atoms with Gasteiger partial charge in [-0.1, -0.05) is 17.7 Å². The van der Waals surface area contributed by atoms with Gasteiger partial charge in [-0.05, 0) is 24.6 Å². The van der Waals surface area contributed by atoms with Crippen molar-refractivity contribution in [1.29, 1.82) is 0 Å². The van der Waals surface area contributed by atoms with E-state index in [1.807, 2.05) is 13.0 Å². The van der Waals surface area contributed by atoms with Crippen LogP contribution in [0.2, 0.25) is 5.02 Å². The van der Waals surface area contributed by atoms with Gasteiger partial charge in [0.15, 0.2) is 0 Å². The molecule has 0 radical (unpaired) electrons. The Morgan fingerprint density at radius 2 is 2.20 bits per heavy atom. The third-order valence-electron chi connectivity index (χ3n) is 3.48. The highest BCUT2D eigenvalue weighted by atomic mass is 35.5. The van der Waals surface area contributed by atoms with E-state index in [-0.39, 0.29) is 11.8 Å². The van der Waals surface area contributed by atoms with E-state index >= 15 is 0 Å². The Morgan fingerprint density at radius 1 is 1.45 bits per heavy atom. The van der Waals surface area contributed by atoms with E-state index in [1.165, 1.54) is 0 Å². The molecule has 0 saturated carbocycles. The fourth-order valence-electron chi connectivity index (χ4n) is 2.33. The maximum atomic E-state index is 12.7. The van der Waals surface area contributed by atoms with E-state index in [0.29, 0.717) is 30.2 Å². The average Bonchev–Trinajstić information content (AvgIpc) is 2.48. The van der Waals surface area contributed by atoms with Crippen molar-refractivity contribution in [1.82, 2.24) is 15.5 Å². The number of carbonyl (C=O) groups excluding carboxylic acids is 2. The molecule has 1 atom stereocenters. The molecule has 2 N–H and O–H groups in total. The van der Waals surface area contributed by atoms with Gasteiger partial charge in [0.05, 0.1) is 0 Å². The van der Waals surface area contributed by atoms with Crippen LogP contribution in [-0.4, -0.2) is 49.4 Å². The second kappa shape index (κ2) is 6.24. The average molecular weight is 296 g/mol. The molecule has 20 heavy (non-hydrogen) atoms. The fourth-order valence-corrected chi connectivity index (χ4v) is 2.50. The van der Waals surface area contributed by atoms with Crippen LogP contribution in [0.5, 0.6) is 0 Å². The number of carbonyl (C=O) groups is 2. The van der Waals surface area contributed by atoms with Gasteiger partial charge in [0.2, 0.25) is 5.91 Å². The monoisotopic (exact) mass is 295 g/mol. The van der Waals surface area contributed by atoms with Gasteiger partial charge in [0, 0.05) is 37.3 Å². The molecule has 5 nitrogen and oxygen atoms in total. The van der Waals surface area contributed by atoms with E-state index in [1.54, 1.807) is 24.1 Å². The summed E-state index contributed by atoms with van der Waals surface area (Å²) in [5.41, 5.74) is 1.40. The molecular formula is C14H18ClN3O2.